The number of halogens is 1. The van der Waals surface area contributed by atoms with Crippen LogP contribution < -0.4 is 42.9 Å². The van der Waals surface area contributed by atoms with Gasteiger partial charge in [0.25, 0.3) is 0 Å². The molecule has 4 nitrogen and oxygen atoms in total. The average molecular weight is 567 g/mol. The smallest absolute Gasteiger partial charge is 0.166 e. The van der Waals surface area contributed by atoms with Crippen LogP contribution in [0.4, 0.5) is 0 Å². The Bertz CT molecular complexity index is 1080. The number of rotatable bonds is 10. The molecule has 0 saturated carbocycles. The molecular formula is C28H28BrO4PSi. The fourth-order valence-electron chi connectivity index (χ4n) is 4.16. The lowest BCUT2D eigenvalue weighted by atomic mass is 10.3. The minimum absolute atomic E-state index is 0. The van der Waals surface area contributed by atoms with Gasteiger partial charge in [-0.2, -0.15) is 0 Å². The van der Waals surface area contributed by atoms with Crippen molar-refractivity contribution in [2.24, 2.45) is 0 Å². The Labute approximate surface area is 220 Å². The predicted octanol–water partition coefficient (Wildman–Crippen LogP) is 0.632. The van der Waals surface area contributed by atoms with Crippen molar-refractivity contribution in [3.8, 4) is 11.5 Å². The minimum Gasteiger partial charge on any atom is -1.00 e. The molecule has 35 heavy (non-hydrogen) atoms. The van der Waals surface area contributed by atoms with Gasteiger partial charge in [-0.3, -0.25) is 0 Å². The molecule has 0 fully saturated rings. The summed E-state index contributed by atoms with van der Waals surface area (Å²) in [4.78, 5) is 0. The van der Waals surface area contributed by atoms with Crippen molar-refractivity contribution in [3.05, 3.63) is 109 Å². The second-order valence-corrected chi connectivity index (χ2v) is 12.2. The van der Waals surface area contributed by atoms with E-state index in [4.69, 9.17) is 14.2 Å². The molecule has 0 unspecified atom stereocenters. The number of hydrogen-bond acceptors (Lipinski definition) is 4. The molecule has 0 aliphatic rings. The van der Waals surface area contributed by atoms with E-state index in [-0.39, 0.29) is 28.6 Å². The fraction of sp³-hybridized carbons (Fsp3) is 0.143. The molecule has 0 saturated heterocycles. The molecule has 2 radical (unpaired) electrons. The summed E-state index contributed by atoms with van der Waals surface area (Å²) in [7, 11) is 1.17. The Morgan fingerprint density at radius 1 is 0.714 bits per heavy atom. The van der Waals surface area contributed by atoms with Gasteiger partial charge in [-0.25, -0.2) is 0 Å². The highest BCUT2D eigenvalue weighted by molar-refractivity contribution is 8.01. The van der Waals surface area contributed by atoms with E-state index in [0.717, 1.165) is 11.1 Å². The number of phenols is 1. The summed E-state index contributed by atoms with van der Waals surface area (Å²) in [6, 6.07) is 37.0. The molecule has 0 bridgehead atoms. The monoisotopic (exact) mass is 566 g/mol. The third-order valence-corrected chi connectivity index (χ3v) is 11.0. The number of benzene rings is 4. The average Bonchev–Trinajstić information content (AvgIpc) is 2.90. The third kappa shape index (κ3) is 5.85. The molecule has 0 aliphatic carbocycles. The summed E-state index contributed by atoms with van der Waals surface area (Å²) in [5, 5.41) is 15.2. The number of aromatic hydroxyl groups is 1. The van der Waals surface area contributed by atoms with E-state index in [1.807, 2.05) is 30.3 Å². The van der Waals surface area contributed by atoms with Crippen LogP contribution in [0.15, 0.2) is 109 Å². The van der Waals surface area contributed by atoms with Crippen LogP contribution in [0.25, 0.3) is 0 Å². The van der Waals surface area contributed by atoms with Gasteiger partial charge in [0.05, 0.1) is 6.23 Å². The number of phenolic OH excluding ortho intramolecular Hbond substituents is 1. The van der Waals surface area contributed by atoms with Crippen molar-refractivity contribution < 1.29 is 36.3 Å². The van der Waals surface area contributed by atoms with Crippen molar-refractivity contribution >= 4 is 38.0 Å². The summed E-state index contributed by atoms with van der Waals surface area (Å²) in [6.45, 7) is 0. The largest absolute Gasteiger partial charge is 1.00 e. The van der Waals surface area contributed by atoms with Gasteiger partial charge in [-0.15, -0.1) is 0 Å². The van der Waals surface area contributed by atoms with Gasteiger partial charge in [0.1, 0.15) is 34.8 Å². The Morgan fingerprint density at radius 3 is 1.60 bits per heavy atom. The van der Waals surface area contributed by atoms with Gasteiger partial charge < -0.3 is 36.3 Å². The van der Waals surface area contributed by atoms with Crippen molar-refractivity contribution in [2.45, 2.75) is 5.91 Å². The van der Waals surface area contributed by atoms with Crippen molar-refractivity contribution in [1.29, 1.82) is 0 Å². The Hall–Kier alpha value is -2.47. The Kier molecular flexibility index (Phi) is 10.1. The number of ether oxygens (including phenoxy) is 3. The van der Waals surface area contributed by atoms with E-state index in [2.05, 4.69) is 72.8 Å². The molecule has 0 spiro atoms. The molecule has 0 atom stereocenters. The summed E-state index contributed by atoms with van der Waals surface area (Å²) < 4.78 is 17.0. The second-order valence-electron chi connectivity index (χ2n) is 7.63. The van der Waals surface area contributed by atoms with E-state index >= 15 is 0 Å². The maximum absolute atomic E-state index is 10.7. The summed E-state index contributed by atoms with van der Waals surface area (Å²) in [6.07, 6.45) is 0.447. The van der Waals surface area contributed by atoms with Gasteiger partial charge in [-0.1, -0.05) is 54.6 Å². The second kappa shape index (κ2) is 13.0. The number of methoxy groups -OCH3 is 2. The lowest BCUT2D eigenvalue weighted by molar-refractivity contribution is -0.0451. The molecule has 0 aliphatic heterocycles. The SMILES string of the molecule is COC(OC)[Si]COc1ccc(O)cc1[P+](c1ccccc1)(c1ccccc1)c1ccccc1.[Br-]. The first-order chi connectivity index (χ1) is 16.7. The highest BCUT2D eigenvalue weighted by Gasteiger charge is 2.50. The molecular weight excluding hydrogens is 539 g/mol. The van der Waals surface area contributed by atoms with E-state index in [1.165, 1.54) is 15.9 Å². The lowest BCUT2D eigenvalue weighted by Gasteiger charge is -2.29. The number of hydrogen-bond donors (Lipinski definition) is 1. The van der Waals surface area contributed by atoms with Crippen LogP contribution in [-0.2, 0) is 9.47 Å². The topological polar surface area (TPSA) is 47.9 Å². The highest BCUT2D eigenvalue weighted by atomic mass is 79.9. The van der Waals surface area contributed by atoms with E-state index in [9.17, 15) is 5.11 Å². The zero-order valence-electron chi connectivity index (χ0n) is 19.7. The van der Waals surface area contributed by atoms with Crippen LogP contribution in [0.5, 0.6) is 11.5 Å². The van der Waals surface area contributed by atoms with Crippen LogP contribution in [0.1, 0.15) is 0 Å². The maximum atomic E-state index is 10.7. The third-order valence-electron chi connectivity index (χ3n) is 5.64. The van der Waals surface area contributed by atoms with Crippen molar-refractivity contribution in [2.75, 3.05) is 20.4 Å². The summed E-state index contributed by atoms with van der Waals surface area (Å²) >= 11 is 0. The van der Waals surface area contributed by atoms with Gasteiger partial charge in [0, 0.05) is 20.3 Å². The Balaban J connectivity index is 0.00000342. The van der Waals surface area contributed by atoms with Crippen molar-refractivity contribution in [1.82, 2.24) is 0 Å². The molecule has 1 N–H and O–H groups in total. The quantitative estimate of drug-likeness (QED) is 0.174. The summed E-state index contributed by atoms with van der Waals surface area (Å²) in [5.41, 5.74) is 0. The van der Waals surface area contributed by atoms with E-state index < -0.39 is 7.26 Å². The van der Waals surface area contributed by atoms with Gasteiger partial charge >= 0.3 is 0 Å². The zero-order valence-corrected chi connectivity index (χ0v) is 23.2. The van der Waals surface area contributed by atoms with E-state index in [0.29, 0.717) is 15.7 Å². The molecule has 0 aromatic heterocycles. The van der Waals surface area contributed by atoms with Crippen LogP contribution in [0, 0.1) is 0 Å². The molecule has 4 aromatic carbocycles. The van der Waals surface area contributed by atoms with Gasteiger partial charge in [0.15, 0.2) is 20.6 Å². The van der Waals surface area contributed by atoms with Crippen LogP contribution in [0.3, 0.4) is 0 Å². The molecule has 0 amide bonds. The van der Waals surface area contributed by atoms with E-state index in [1.54, 1.807) is 20.3 Å². The molecule has 4 aromatic rings. The summed E-state index contributed by atoms with van der Waals surface area (Å²) in [5.74, 6) is 0.655. The van der Waals surface area contributed by atoms with Crippen LogP contribution in [0.2, 0.25) is 0 Å². The fourth-order valence-corrected chi connectivity index (χ4v) is 9.25. The Morgan fingerprint density at radius 2 is 1.17 bits per heavy atom. The standard InChI is InChI=1S/C28H27O4PSi.BrH/c1-30-28(31-2)34-21-32-26-19-18-22(29)20-27(26)33(23-12-6-3-7-13-23,24-14-8-4-9-15-24)25-16-10-5-11-17-25;/h3-20,28H,21H2,1-2H3;1H. The van der Waals surface area contributed by atoms with Gasteiger partial charge in [-0.05, 0) is 48.5 Å². The van der Waals surface area contributed by atoms with Crippen LogP contribution >= 0.6 is 7.26 Å². The first-order valence-corrected chi connectivity index (χ1v) is 14.1. The minimum atomic E-state index is -2.39. The molecule has 180 valence electrons. The normalized spacial score (nSPS) is 11.2. The first kappa shape index (κ1) is 27.1. The van der Waals surface area contributed by atoms with Crippen LogP contribution in [-0.4, -0.2) is 41.0 Å². The molecule has 0 heterocycles. The van der Waals surface area contributed by atoms with Crippen molar-refractivity contribution in [3.63, 3.8) is 0 Å². The highest BCUT2D eigenvalue weighted by Crippen LogP contribution is 2.56. The zero-order chi connectivity index (χ0) is 23.8. The first-order valence-electron chi connectivity index (χ1n) is 11.0. The molecule has 7 heteroatoms. The lowest BCUT2D eigenvalue weighted by Crippen LogP contribution is -3.00. The predicted molar refractivity (Wildman–Crippen MR) is 142 cm³/mol. The van der Waals surface area contributed by atoms with Gasteiger partial charge in [0.2, 0.25) is 0 Å². The maximum Gasteiger partial charge on any atom is 0.166 e. The molecule has 4 rings (SSSR count).